The van der Waals surface area contributed by atoms with E-state index in [4.69, 9.17) is 5.73 Å². The second-order valence-electron chi connectivity index (χ2n) is 6.27. The van der Waals surface area contributed by atoms with Crippen LogP contribution in [0.4, 0.5) is 13.2 Å². The summed E-state index contributed by atoms with van der Waals surface area (Å²) in [6.07, 6.45) is -2.33. The first-order valence-electron chi connectivity index (χ1n) is 8.55. The summed E-state index contributed by atoms with van der Waals surface area (Å²) in [4.78, 5) is 19.1. The Morgan fingerprint density at radius 3 is 2.24 bits per heavy atom. The Kier molecular flexibility index (Phi) is 7.23. The number of hydrogen-bond acceptors (Lipinski definition) is 2. The van der Waals surface area contributed by atoms with Crippen LogP contribution < -0.4 is 11.3 Å². The van der Waals surface area contributed by atoms with Gasteiger partial charge in [0.1, 0.15) is 5.84 Å². The number of aliphatic imine (C=N–C) groups is 1. The van der Waals surface area contributed by atoms with Crippen LogP contribution >= 0.6 is 12.4 Å². The van der Waals surface area contributed by atoms with Crippen molar-refractivity contribution in [2.24, 2.45) is 10.7 Å². The first kappa shape index (κ1) is 22.2. The number of rotatable bonds is 5. The highest BCUT2D eigenvalue weighted by Gasteiger charge is 2.29. The van der Waals surface area contributed by atoms with Crippen molar-refractivity contribution in [3.05, 3.63) is 105 Å². The lowest BCUT2D eigenvalue weighted by molar-refractivity contribution is -0.137. The van der Waals surface area contributed by atoms with Gasteiger partial charge in [-0.25, -0.2) is 0 Å². The van der Waals surface area contributed by atoms with E-state index in [-0.39, 0.29) is 35.9 Å². The Hall–Kier alpha value is -3.06. The largest absolute Gasteiger partial charge is 0.416 e. The number of benzene rings is 2. The number of aromatic nitrogens is 1. The maximum absolute atomic E-state index is 12.6. The van der Waals surface area contributed by atoms with E-state index in [1.165, 1.54) is 12.1 Å². The molecule has 0 radical (unpaired) electrons. The third kappa shape index (κ3) is 5.71. The number of aromatic amines is 1. The number of nitrogens with two attached hydrogens (primary N) is 1. The topological polar surface area (TPSA) is 71.2 Å². The zero-order valence-electron chi connectivity index (χ0n) is 15.2. The van der Waals surface area contributed by atoms with E-state index in [1.54, 1.807) is 12.3 Å². The summed E-state index contributed by atoms with van der Waals surface area (Å²) in [6.45, 7) is 0.0725. The second-order valence-corrected chi connectivity index (χ2v) is 6.27. The fourth-order valence-corrected chi connectivity index (χ4v) is 2.82. The van der Waals surface area contributed by atoms with E-state index in [9.17, 15) is 18.0 Å². The highest BCUT2D eigenvalue weighted by molar-refractivity contribution is 5.98. The van der Waals surface area contributed by atoms with Crippen LogP contribution in [0.3, 0.4) is 0 Å². The molecule has 29 heavy (non-hydrogen) atoms. The van der Waals surface area contributed by atoms with E-state index < -0.39 is 11.7 Å². The smallest absolute Gasteiger partial charge is 0.383 e. The number of H-pyrrole nitrogens is 1. The third-order valence-electron chi connectivity index (χ3n) is 4.25. The van der Waals surface area contributed by atoms with Crippen LogP contribution in [0.25, 0.3) is 0 Å². The monoisotopic (exact) mass is 421 g/mol. The number of nitrogens with one attached hydrogen (secondary N) is 1. The molecule has 0 spiro atoms. The van der Waals surface area contributed by atoms with Crippen molar-refractivity contribution in [2.75, 3.05) is 0 Å². The van der Waals surface area contributed by atoms with Crippen LogP contribution in [0, 0.1) is 0 Å². The maximum atomic E-state index is 12.6. The molecular formula is C21H19ClF3N3O. The van der Waals surface area contributed by atoms with Crippen LogP contribution in [0.15, 0.2) is 76.6 Å². The lowest BCUT2D eigenvalue weighted by atomic mass is 10.0. The number of alkyl halides is 3. The van der Waals surface area contributed by atoms with E-state index >= 15 is 0 Å². The van der Waals surface area contributed by atoms with Crippen molar-refractivity contribution in [2.45, 2.75) is 19.1 Å². The fourth-order valence-electron chi connectivity index (χ4n) is 2.82. The molecule has 1 aromatic heterocycles. The Morgan fingerprint density at radius 1 is 0.966 bits per heavy atom. The first-order valence-corrected chi connectivity index (χ1v) is 8.55. The van der Waals surface area contributed by atoms with Crippen LogP contribution in [0.2, 0.25) is 0 Å². The van der Waals surface area contributed by atoms with Crippen molar-refractivity contribution in [1.29, 1.82) is 0 Å². The van der Waals surface area contributed by atoms with E-state index in [1.807, 2.05) is 30.3 Å². The van der Waals surface area contributed by atoms with Gasteiger partial charge < -0.3 is 10.7 Å². The van der Waals surface area contributed by atoms with Crippen LogP contribution in [0.1, 0.15) is 27.8 Å². The van der Waals surface area contributed by atoms with Gasteiger partial charge in [-0.1, -0.05) is 42.5 Å². The summed E-state index contributed by atoms with van der Waals surface area (Å²) < 4.78 is 37.9. The number of hydrogen-bond donors (Lipinski definition) is 2. The normalized spacial score (nSPS) is 11.8. The van der Waals surface area contributed by atoms with Crippen LogP contribution in [0.5, 0.6) is 0 Å². The molecule has 1 heterocycles. The lowest BCUT2D eigenvalue weighted by Crippen LogP contribution is -2.27. The molecule has 0 saturated carbocycles. The van der Waals surface area contributed by atoms with Crippen LogP contribution in [-0.4, -0.2) is 10.8 Å². The quantitative estimate of drug-likeness (QED) is 0.476. The zero-order valence-corrected chi connectivity index (χ0v) is 16.1. The number of nitrogens with zero attached hydrogens (tertiary/aromatic N) is 1. The molecule has 0 amide bonds. The second kappa shape index (κ2) is 9.43. The molecule has 0 bridgehead atoms. The molecule has 3 rings (SSSR count). The summed E-state index contributed by atoms with van der Waals surface area (Å²) in [7, 11) is 0. The maximum Gasteiger partial charge on any atom is 0.416 e. The number of halogens is 4. The summed E-state index contributed by atoms with van der Waals surface area (Å²) >= 11 is 0. The lowest BCUT2D eigenvalue weighted by Gasteiger charge is -2.09. The van der Waals surface area contributed by atoms with Gasteiger partial charge >= 0.3 is 6.18 Å². The van der Waals surface area contributed by atoms with Gasteiger partial charge in [0, 0.05) is 6.20 Å². The molecule has 8 heteroatoms. The van der Waals surface area contributed by atoms with Gasteiger partial charge in [-0.3, -0.25) is 9.79 Å². The molecule has 3 N–H and O–H groups in total. The van der Waals surface area contributed by atoms with Gasteiger partial charge in [-0.15, -0.1) is 12.4 Å². The average Bonchev–Trinajstić information content (AvgIpc) is 2.67. The van der Waals surface area contributed by atoms with Crippen LogP contribution in [-0.2, 0) is 19.1 Å². The minimum atomic E-state index is -4.38. The first-order chi connectivity index (χ1) is 13.3. The molecule has 0 atom stereocenters. The molecule has 0 saturated heterocycles. The molecule has 0 unspecified atom stereocenters. The SMILES string of the molecule is Cl.NC(=NCc1ccc(C(F)(F)F)cc1)c1c(Cc2ccccc2)cc[nH]c1=O. The Balaban J connectivity index is 0.00000300. The molecule has 0 aliphatic carbocycles. The van der Waals surface area contributed by atoms with E-state index in [0.717, 1.165) is 23.3 Å². The van der Waals surface area contributed by atoms with Gasteiger partial charge in [0.25, 0.3) is 5.56 Å². The molecule has 0 aliphatic rings. The standard InChI is InChI=1S/C21H18F3N3O.ClH/c22-21(23,24)17-8-6-15(7-9-17)13-27-19(25)18-16(10-11-26-20(18)28)12-14-4-2-1-3-5-14;/h1-11H,12-13H2,(H2,25,27)(H,26,28);1H. The molecule has 152 valence electrons. The highest BCUT2D eigenvalue weighted by atomic mass is 35.5. The van der Waals surface area contributed by atoms with Gasteiger partial charge in [0.2, 0.25) is 0 Å². The molecular weight excluding hydrogens is 403 g/mol. The summed E-state index contributed by atoms with van der Waals surface area (Å²) in [5, 5.41) is 0. The van der Waals surface area contributed by atoms with E-state index in [2.05, 4.69) is 9.98 Å². The highest BCUT2D eigenvalue weighted by Crippen LogP contribution is 2.29. The Bertz CT molecular complexity index is 1030. The Morgan fingerprint density at radius 2 is 1.62 bits per heavy atom. The minimum Gasteiger partial charge on any atom is -0.383 e. The van der Waals surface area contributed by atoms with Crippen molar-refractivity contribution in [1.82, 2.24) is 4.98 Å². The van der Waals surface area contributed by atoms with Crippen molar-refractivity contribution >= 4 is 18.2 Å². The van der Waals surface area contributed by atoms with Gasteiger partial charge in [0.05, 0.1) is 17.7 Å². The van der Waals surface area contributed by atoms with Gasteiger partial charge in [0.15, 0.2) is 0 Å². The van der Waals surface area contributed by atoms with Crippen molar-refractivity contribution in [3.8, 4) is 0 Å². The fraction of sp³-hybridized carbons (Fsp3) is 0.143. The van der Waals surface area contributed by atoms with Gasteiger partial charge in [-0.05, 0) is 41.3 Å². The summed E-state index contributed by atoms with van der Waals surface area (Å²) in [5.74, 6) is 0.0488. The predicted molar refractivity (Wildman–Crippen MR) is 109 cm³/mol. The molecule has 0 aliphatic heterocycles. The third-order valence-corrected chi connectivity index (χ3v) is 4.25. The predicted octanol–water partition coefficient (Wildman–Crippen LogP) is 4.31. The molecule has 0 fully saturated rings. The summed E-state index contributed by atoms with van der Waals surface area (Å²) in [6, 6.07) is 16.1. The van der Waals surface area contributed by atoms with Crippen molar-refractivity contribution < 1.29 is 13.2 Å². The van der Waals surface area contributed by atoms with E-state index in [0.29, 0.717) is 12.0 Å². The molecule has 2 aromatic carbocycles. The summed E-state index contributed by atoms with van der Waals surface area (Å²) in [5.41, 5.74) is 7.55. The number of pyridine rings is 1. The number of amidine groups is 1. The van der Waals surface area contributed by atoms with Gasteiger partial charge in [-0.2, -0.15) is 13.2 Å². The zero-order chi connectivity index (χ0) is 20.1. The molecule has 3 aromatic rings. The Labute approximate surface area is 171 Å². The van der Waals surface area contributed by atoms with Crippen molar-refractivity contribution in [3.63, 3.8) is 0 Å². The average molecular weight is 422 g/mol. The minimum absolute atomic E-state index is 0. The molecule has 4 nitrogen and oxygen atoms in total.